The van der Waals surface area contributed by atoms with Gasteiger partial charge >= 0.3 is 0 Å². The Kier molecular flexibility index (Phi) is 3.33. The summed E-state index contributed by atoms with van der Waals surface area (Å²) in [6, 6.07) is 11.2. The van der Waals surface area contributed by atoms with Crippen molar-refractivity contribution in [3.63, 3.8) is 0 Å². The van der Waals surface area contributed by atoms with Crippen LogP contribution in [0.5, 0.6) is 11.5 Å². The molecule has 0 radical (unpaired) electrons. The van der Waals surface area contributed by atoms with Gasteiger partial charge in [0.05, 0.1) is 27.9 Å². The number of pyridine rings is 1. The van der Waals surface area contributed by atoms with Crippen molar-refractivity contribution in [2.24, 2.45) is 0 Å². The molecule has 162 valence electrons. The number of aliphatic hydroxyl groups is 1. The summed E-state index contributed by atoms with van der Waals surface area (Å²) in [6.07, 6.45) is 1.14. The summed E-state index contributed by atoms with van der Waals surface area (Å²) < 4.78 is 6.50. The Morgan fingerprint density at radius 2 is 2.12 bits per heavy atom. The number of rotatable bonds is 1. The van der Waals surface area contributed by atoms with E-state index in [1.165, 1.54) is 6.92 Å². The maximum atomic E-state index is 12.4. The first-order valence-corrected chi connectivity index (χ1v) is 11.1. The van der Waals surface area contributed by atoms with Gasteiger partial charge in [0.1, 0.15) is 0 Å². The fourth-order valence-corrected chi connectivity index (χ4v) is 6.87. The van der Waals surface area contributed by atoms with Gasteiger partial charge in [-0.2, -0.15) is 0 Å². The number of hydrogen-bond donors (Lipinski definition) is 4. The van der Waals surface area contributed by atoms with Crippen LogP contribution >= 0.6 is 0 Å². The van der Waals surface area contributed by atoms with Crippen LogP contribution in [0.25, 0.3) is 10.9 Å². The minimum atomic E-state index is -1.13. The third kappa shape index (κ3) is 1.95. The summed E-state index contributed by atoms with van der Waals surface area (Å²) in [6.45, 7) is 2.24. The number of nitrogens with one attached hydrogen (secondary N) is 2. The van der Waals surface area contributed by atoms with Gasteiger partial charge in [0.25, 0.3) is 0 Å². The van der Waals surface area contributed by atoms with E-state index >= 15 is 0 Å². The minimum Gasteiger partial charge on any atom is -0.504 e. The van der Waals surface area contributed by atoms with Gasteiger partial charge < -0.3 is 25.6 Å². The quantitative estimate of drug-likeness (QED) is 0.474. The number of piperidine rings is 1. The van der Waals surface area contributed by atoms with Gasteiger partial charge in [-0.3, -0.25) is 4.79 Å². The van der Waals surface area contributed by atoms with E-state index in [1.54, 1.807) is 6.07 Å². The van der Waals surface area contributed by atoms with Gasteiger partial charge in [-0.05, 0) is 37.1 Å². The van der Waals surface area contributed by atoms with Gasteiger partial charge in [0.15, 0.2) is 17.6 Å². The fraction of sp³-hybridized carbons (Fsp3) is 0.360. The number of phenolic OH excluding ortho intramolecular Hbond substituents is 1. The lowest BCUT2D eigenvalue weighted by atomic mass is 9.49. The molecule has 7 rings (SSSR count). The number of hydrogen-bond acceptors (Lipinski definition) is 6. The van der Waals surface area contributed by atoms with E-state index in [2.05, 4.69) is 10.6 Å². The molecular formula is C25H23N3O4. The number of ether oxygens (including phenoxy) is 1. The maximum Gasteiger partial charge on any atom is 0.221 e. The van der Waals surface area contributed by atoms with Crippen molar-refractivity contribution in [3.05, 3.63) is 58.8 Å². The summed E-state index contributed by atoms with van der Waals surface area (Å²) in [5, 5.41) is 30.5. The third-order valence-electron chi connectivity index (χ3n) is 8.06. The van der Waals surface area contributed by atoms with E-state index in [9.17, 15) is 15.0 Å². The monoisotopic (exact) mass is 429 g/mol. The molecule has 4 atom stereocenters. The highest BCUT2D eigenvalue weighted by atomic mass is 16.5. The summed E-state index contributed by atoms with van der Waals surface area (Å²) >= 11 is 0. The number of benzene rings is 2. The van der Waals surface area contributed by atoms with Crippen LogP contribution in [-0.4, -0.2) is 39.3 Å². The number of anilines is 1. The Balaban J connectivity index is 1.59. The molecule has 2 aliphatic carbocycles. The van der Waals surface area contributed by atoms with E-state index in [-0.39, 0.29) is 17.7 Å². The lowest BCUT2D eigenvalue weighted by Gasteiger charge is -2.60. The van der Waals surface area contributed by atoms with Crippen LogP contribution < -0.4 is 15.4 Å². The van der Waals surface area contributed by atoms with E-state index in [4.69, 9.17) is 9.72 Å². The van der Waals surface area contributed by atoms with Crippen LogP contribution in [0, 0.1) is 0 Å². The molecule has 4 aliphatic rings. The van der Waals surface area contributed by atoms with E-state index in [0.29, 0.717) is 30.7 Å². The molecule has 0 saturated carbocycles. The molecule has 1 fully saturated rings. The van der Waals surface area contributed by atoms with Crippen molar-refractivity contribution >= 4 is 22.5 Å². The Morgan fingerprint density at radius 1 is 1.28 bits per heavy atom. The normalized spacial score (nSPS) is 30.9. The molecule has 1 spiro atoms. The SMILES string of the molecule is CC(=O)Nc1c2c(nc3ccccc13)C1Oc3c(O)ccc4c3[C@@]13CCN[C@H](C4)C3(O)C2. The maximum absolute atomic E-state index is 12.4. The molecule has 1 aromatic heterocycles. The zero-order chi connectivity index (χ0) is 21.8. The van der Waals surface area contributed by atoms with Crippen LogP contribution in [0.1, 0.15) is 41.8 Å². The van der Waals surface area contributed by atoms with Gasteiger partial charge in [0, 0.05) is 35.9 Å². The first-order valence-electron chi connectivity index (χ1n) is 11.1. The molecule has 4 N–H and O–H groups in total. The van der Waals surface area contributed by atoms with Gasteiger partial charge in [0.2, 0.25) is 5.91 Å². The van der Waals surface area contributed by atoms with Crippen LogP contribution in [0.3, 0.4) is 0 Å². The van der Waals surface area contributed by atoms with Gasteiger partial charge in [-0.15, -0.1) is 0 Å². The molecule has 7 nitrogen and oxygen atoms in total. The highest BCUT2D eigenvalue weighted by Gasteiger charge is 2.71. The molecule has 1 amide bonds. The molecule has 32 heavy (non-hydrogen) atoms. The highest BCUT2D eigenvalue weighted by Crippen LogP contribution is 2.68. The average Bonchev–Trinajstić information content (AvgIpc) is 3.11. The zero-order valence-corrected chi connectivity index (χ0v) is 17.6. The first kappa shape index (κ1) is 18.4. The molecular weight excluding hydrogens is 406 g/mol. The van der Waals surface area contributed by atoms with Crippen molar-refractivity contribution in [1.82, 2.24) is 10.3 Å². The first-order chi connectivity index (χ1) is 15.4. The molecule has 2 bridgehead atoms. The third-order valence-corrected chi connectivity index (χ3v) is 8.06. The Hall–Kier alpha value is -3.16. The van der Waals surface area contributed by atoms with Crippen molar-refractivity contribution in [2.75, 3.05) is 11.9 Å². The fourth-order valence-electron chi connectivity index (χ4n) is 6.87. The Labute approximate surface area is 184 Å². The molecule has 1 saturated heterocycles. The van der Waals surface area contributed by atoms with Crippen LogP contribution in [-0.2, 0) is 23.1 Å². The van der Waals surface area contributed by atoms with E-state index in [0.717, 1.165) is 39.8 Å². The standard InChI is InChI=1S/C25H23N3O4/c1-12(29)27-20-14-4-2-3-5-16(14)28-21-15(20)11-25(31)18-10-13-6-7-17(30)22-19(13)24(25,8-9-26-18)23(21)32-22/h2-7,18,23,26,30-31H,8-11H2,1H3,(H,27,28,29)/t18-,23?,24+,25?/m1/s1. The van der Waals surface area contributed by atoms with Crippen molar-refractivity contribution in [3.8, 4) is 11.5 Å². The van der Waals surface area contributed by atoms with E-state index < -0.39 is 17.1 Å². The molecule has 2 unspecified atom stereocenters. The van der Waals surface area contributed by atoms with Crippen LogP contribution in [0.15, 0.2) is 36.4 Å². The molecule has 3 aromatic rings. The second-order valence-electron chi connectivity index (χ2n) is 9.53. The van der Waals surface area contributed by atoms with Crippen molar-refractivity contribution in [1.29, 1.82) is 0 Å². The number of nitrogens with zero attached hydrogens (tertiary/aromatic N) is 1. The summed E-state index contributed by atoms with van der Waals surface area (Å²) in [7, 11) is 0. The summed E-state index contributed by atoms with van der Waals surface area (Å²) in [5.41, 5.74) is 3.22. The van der Waals surface area contributed by atoms with Gasteiger partial charge in [-0.25, -0.2) is 4.98 Å². The summed E-state index contributed by atoms with van der Waals surface area (Å²) in [5.74, 6) is 0.389. The number of para-hydroxylation sites is 1. The minimum absolute atomic E-state index is 0.0938. The Morgan fingerprint density at radius 3 is 2.97 bits per heavy atom. The lowest BCUT2D eigenvalue weighted by molar-refractivity contribution is -0.134. The zero-order valence-electron chi connectivity index (χ0n) is 17.6. The lowest BCUT2D eigenvalue weighted by Crippen LogP contribution is -2.74. The van der Waals surface area contributed by atoms with Crippen LogP contribution in [0.4, 0.5) is 5.69 Å². The Bertz CT molecular complexity index is 1350. The number of carbonyl (C=O) groups excluding carboxylic acids is 1. The van der Waals surface area contributed by atoms with Gasteiger partial charge in [-0.1, -0.05) is 24.3 Å². The molecule has 3 heterocycles. The number of fused-ring (bicyclic) bond motifs is 3. The summed E-state index contributed by atoms with van der Waals surface area (Å²) in [4.78, 5) is 17.2. The predicted molar refractivity (Wildman–Crippen MR) is 118 cm³/mol. The van der Waals surface area contributed by atoms with Crippen LogP contribution in [0.2, 0.25) is 0 Å². The molecule has 2 aliphatic heterocycles. The smallest absolute Gasteiger partial charge is 0.221 e. The topological polar surface area (TPSA) is 104 Å². The largest absolute Gasteiger partial charge is 0.504 e. The number of phenols is 1. The predicted octanol–water partition coefficient (Wildman–Crippen LogP) is 2.48. The molecule has 2 aromatic carbocycles. The number of carbonyl (C=O) groups is 1. The molecule has 7 heteroatoms. The second kappa shape index (κ2) is 5.79. The van der Waals surface area contributed by atoms with Crippen molar-refractivity contribution in [2.45, 2.75) is 49.3 Å². The number of amides is 1. The number of aromatic nitrogens is 1. The van der Waals surface area contributed by atoms with E-state index in [1.807, 2.05) is 30.3 Å². The second-order valence-corrected chi connectivity index (χ2v) is 9.53. The van der Waals surface area contributed by atoms with Crippen molar-refractivity contribution < 1.29 is 19.7 Å². The highest BCUT2D eigenvalue weighted by molar-refractivity contribution is 6.02. The number of aromatic hydroxyl groups is 1. The average molecular weight is 429 g/mol.